The number of hydrogen-bond donors (Lipinski definition) is 3. The van der Waals surface area contributed by atoms with Crippen molar-refractivity contribution in [2.45, 2.75) is 38.5 Å². The fourth-order valence-corrected chi connectivity index (χ4v) is 4.62. The van der Waals surface area contributed by atoms with Crippen molar-refractivity contribution in [1.82, 2.24) is 25.5 Å². The number of H-pyrrole nitrogens is 1. The standard InChI is InChI=1S/C32H34ClN5O4/c1-23(26-12-6-3-7-13-26)17-35-30(39)20-38(19-25-11-8-14-27(33)15-25)31(40)29(16-28-18-34-22-36-28)37-32(41)42-21-24-9-4-2-5-10-24/h2-15,18,22-23,29H,16-17,19-21H2,1H3,(H,34,36)(H,35,39)(H,37,41). The average Bonchev–Trinajstić information content (AvgIpc) is 3.52. The first-order valence-corrected chi connectivity index (χ1v) is 14.0. The van der Waals surface area contributed by atoms with E-state index in [1.807, 2.05) is 73.7 Å². The van der Waals surface area contributed by atoms with Crippen molar-refractivity contribution in [3.05, 3.63) is 125 Å². The number of carbonyl (C=O) groups is 3. The summed E-state index contributed by atoms with van der Waals surface area (Å²) in [5.41, 5.74) is 3.30. The summed E-state index contributed by atoms with van der Waals surface area (Å²) in [6.07, 6.45) is 2.45. The van der Waals surface area contributed by atoms with Gasteiger partial charge in [-0.25, -0.2) is 9.78 Å². The molecule has 0 aliphatic heterocycles. The Hall–Kier alpha value is -4.63. The Labute approximate surface area is 250 Å². The van der Waals surface area contributed by atoms with E-state index in [0.717, 1.165) is 16.7 Å². The Bertz CT molecular complexity index is 1430. The smallest absolute Gasteiger partial charge is 0.408 e. The molecule has 1 aromatic heterocycles. The molecule has 0 aliphatic carbocycles. The van der Waals surface area contributed by atoms with E-state index in [2.05, 4.69) is 20.6 Å². The molecule has 3 amide bonds. The normalized spacial score (nSPS) is 12.1. The van der Waals surface area contributed by atoms with Crippen molar-refractivity contribution >= 4 is 29.5 Å². The zero-order valence-electron chi connectivity index (χ0n) is 23.3. The third-order valence-corrected chi connectivity index (χ3v) is 6.90. The minimum Gasteiger partial charge on any atom is -0.445 e. The molecule has 3 aromatic carbocycles. The van der Waals surface area contributed by atoms with Gasteiger partial charge >= 0.3 is 6.09 Å². The van der Waals surface area contributed by atoms with Crippen LogP contribution in [-0.2, 0) is 33.9 Å². The van der Waals surface area contributed by atoms with Crippen LogP contribution >= 0.6 is 11.6 Å². The second-order valence-corrected chi connectivity index (χ2v) is 10.4. The lowest BCUT2D eigenvalue weighted by molar-refractivity contribution is -0.138. The van der Waals surface area contributed by atoms with E-state index in [0.29, 0.717) is 17.3 Å². The second kappa shape index (κ2) is 15.4. The summed E-state index contributed by atoms with van der Waals surface area (Å²) in [5, 5.41) is 6.14. The van der Waals surface area contributed by atoms with Gasteiger partial charge in [0.05, 0.1) is 12.9 Å². The molecule has 0 bridgehead atoms. The topological polar surface area (TPSA) is 116 Å². The van der Waals surface area contributed by atoms with E-state index in [1.54, 1.807) is 24.4 Å². The lowest BCUT2D eigenvalue weighted by Gasteiger charge is -2.28. The summed E-state index contributed by atoms with van der Waals surface area (Å²) in [5.74, 6) is -0.686. The van der Waals surface area contributed by atoms with Crippen molar-refractivity contribution in [1.29, 1.82) is 0 Å². The summed E-state index contributed by atoms with van der Waals surface area (Å²) in [6.45, 7) is 2.37. The van der Waals surface area contributed by atoms with Gasteiger partial charge in [-0.15, -0.1) is 0 Å². The van der Waals surface area contributed by atoms with E-state index >= 15 is 0 Å². The number of amides is 3. The van der Waals surface area contributed by atoms with Crippen LogP contribution in [-0.4, -0.2) is 51.9 Å². The SMILES string of the molecule is CC(CNC(=O)CN(Cc1cccc(Cl)c1)C(=O)C(Cc1cnc[nH]1)NC(=O)OCc1ccccc1)c1ccccc1. The Kier molecular flexibility index (Phi) is 11.1. The summed E-state index contributed by atoms with van der Waals surface area (Å²) in [6, 6.07) is 25.2. The zero-order chi connectivity index (χ0) is 29.7. The first-order chi connectivity index (χ1) is 20.4. The van der Waals surface area contributed by atoms with Gasteiger partial charge in [0.1, 0.15) is 12.6 Å². The molecule has 3 N–H and O–H groups in total. The number of carbonyl (C=O) groups excluding carboxylic acids is 3. The number of aromatic amines is 1. The number of imidazole rings is 1. The minimum absolute atomic E-state index is 0.0475. The second-order valence-electron chi connectivity index (χ2n) is 9.98. The van der Waals surface area contributed by atoms with Crippen molar-refractivity contribution in [3.8, 4) is 0 Å². The molecule has 1 heterocycles. The highest BCUT2D eigenvalue weighted by Gasteiger charge is 2.29. The molecule has 10 heteroatoms. The largest absolute Gasteiger partial charge is 0.445 e. The summed E-state index contributed by atoms with van der Waals surface area (Å²) < 4.78 is 5.39. The Morgan fingerprint density at radius 1 is 0.976 bits per heavy atom. The number of ether oxygens (including phenoxy) is 1. The van der Waals surface area contributed by atoms with Gasteiger partial charge in [0.15, 0.2) is 0 Å². The number of aromatic nitrogens is 2. The van der Waals surface area contributed by atoms with Crippen LogP contribution in [0.4, 0.5) is 4.79 Å². The van der Waals surface area contributed by atoms with E-state index in [4.69, 9.17) is 16.3 Å². The van der Waals surface area contributed by atoms with Gasteiger partial charge in [-0.2, -0.15) is 0 Å². The predicted octanol–water partition coefficient (Wildman–Crippen LogP) is 4.85. The number of nitrogens with one attached hydrogen (secondary N) is 3. The van der Waals surface area contributed by atoms with Gasteiger partial charge in [0, 0.05) is 36.4 Å². The predicted molar refractivity (Wildman–Crippen MR) is 161 cm³/mol. The Balaban J connectivity index is 1.48. The van der Waals surface area contributed by atoms with Crippen LogP contribution in [0.2, 0.25) is 5.02 Å². The van der Waals surface area contributed by atoms with Crippen LogP contribution in [0.15, 0.2) is 97.5 Å². The molecule has 0 saturated heterocycles. The molecule has 0 radical (unpaired) electrons. The lowest BCUT2D eigenvalue weighted by atomic mass is 10.0. The maximum atomic E-state index is 14.0. The fourth-order valence-electron chi connectivity index (χ4n) is 4.41. The highest BCUT2D eigenvalue weighted by molar-refractivity contribution is 6.30. The molecule has 0 fully saturated rings. The molecule has 0 saturated carbocycles. The van der Waals surface area contributed by atoms with Gasteiger partial charge in [-0.3, -0.25) is 9.59 Å². The molecule has 2 unspecified atom stereocenters. The highest BCUT2D eigenvalue weighted by Crippen LogP contribution is 2.16. The number of alkyl carbamates (subject to hydrolysis) is 1. The molecule has 0 spiro atoms. The van der Waals surface area contributed by atoms with Crippen LogP contribution in [0.3, 0.4) is 0 Å². The monoisotopic (exact) mass is 587 g/mol. The Morgan fingerprint density at radius 2 is 1.69 bits per heavy atom. The number of halogens is 1. The number of benzene rings is 3. The summed E-state index contributed by atoms with van der Waals surface area (Å²) in [7, 11) is 0. The van der Waals surface area contributed by atoms with Gasteiger partial charge in [0.2, 0.25) is 11.8 Å². The van der Waals surface area contributed by atoms with E-state index in [1.165, 1.54) is 11.2 Å². The van der Waals surface area contributed by atoms with Crippen LogP contribution < -0.4 is 10.6 Å². The molecule has 9 nitrogen and oxygen atoms in total. The van der Waals surface area contributed by atoms with Gasteiger partial charge < -0.3 is 25.3 Å². The molecule has 2 atom stereocenters. The van der Waals surface area contributed by atoms with Crippen molar-refractivity contribution in [2.24, 2.45) is 0 Å². The van der Waals surface area contributed by atoms with Crippen LogP contribution in [0.1, 0.15) is 35.2 Å². The maximum Gasteiger partial charge on any atom is 0.408 e. The number of hydrogen-bond acceptors (Lipinski definition) is 5. The number of nitrogens with zero attached hydrogens (tertiary/aromatic N) is 2. The summed E-state index contributed by atoms with van der Waals surface area (Å²) in [4.78, 5) is 48.3. The quantitative estimate of drug-likeness (QED) is 0.207. The van der Waals surface area contributed by atoms with Crippen LogP contribution in [0.5, 0.6) is 0 Å². The molecule has 0 aliphatic rings. The Morgan fingerprint density at radius 3 is 2.38 bits per heavy atom. The van der Waals surface area contributed by atoms with Gasteiger partial charge in [-0.05, 0) is 34.7 Å². The van der Waals surface area contributed by atoms with Crippen molar-refractivity contribution in [3.63, 3.8) is 0 Å². The molecular formula is C32H34ClN5O4. The third-order valence-electron chi connectivity index (χ3n) is 6.66. The average molecular weight is 588 g/mol. The van der Waals surface area contributed by atoms with Crippen molar-refractivity contribution < 1.29 is 19.1 Å². The van der Waals surface area contributed by atoms with E-state index < -0.39 is 18.0 Å². The highest BCUT2D eigenvalue weighted by atomic mass is 35.5. The summed E-state index contributed by atoms with van der Waals surface area (Å²) >= 11 is 6.20. The third kappa shape index (κ3) is 9.49. The fraction of sp³-hybridized carbons (Fsp3) is 0.250. The van der Waals surface area contributed by atoms with Gasteiger partial charge in [-0.1, -0.05) is 91.3 Å². The van der Waals surface area contributed by atoms with E-state index in [-0.39, 0.29) is 37.9 Å². The first kappa shape index (κ1) is 30.3. The molecule has 4 rings (SSSR count). The van der Waals surface area contributed by atoms with Crippen molar-refractivity contribution in [2.75, 3.05) is 13.1 Å². The maximum absolute atomic E-state index is 14.0. The van der Waals surface area contributed by atoms with Crippen LogP contribution in [0.25, 0.3) is 0 Å². The molecule has 218 valence electrons. The van der Waals surface area contributed by atoms with Gasteiger partial charge in [0.25, 0.3) is 0 Å². The lowest BCUT2D eigenvalue weighted by Crippen LogP contribution is -2.52. The molecular weight excluding hydrogens is 554 g/mol. The molecule has 42 heavy (non-hydrogen) atoms. The van der Waals surface area contributed by atoms with Crippen LogP contribution in [0, 0.1) is 0 Å². The van der Waals surface area contributed by atoms with E-state index in [9.17, 15) is 14.4 Å². The first-order valence-electron chi connectivity index (χ1n) is 13.7. The molecule has 4 aromatic rings. The minimum atomic E-state index is -1.02. The number of rotatable bonds is 13. The zero-order valence-corrected chi connectivity index (χ0v) is 24.1.